The van der Waals surface area contributed by atoms with Gasteiger partial charge in [-0.15, -0.1) is 10.2 Å². The van der Waals surface area contributed by atoms with Crippen LogP contribution in [0, 0.1) is 13.8 Å². The van der Waals surface area contributed by atoms with E-state index in [9.17, 15) is 4.79 Å². The van der Waals surface area contributed by atoms with Crippen LogP contribution in [0.25, 0.3) is 0 Å². The van der Waals surface area contributed by atoms with Crippen LogP contribution in [-0.2, 0) is 0 Å². The lowest BCUT2D eigenvalue weighted by Gasteiger charge is -2.15. The van der Waals surface area contributed by atoms with Gasteiger partial charge in [0.25, 0.3) is 0 Å². The summed E-state index contributed by atoms with van der Waals surface area (Å²) in [4.78, 5) is 13.1. The Labute approximate surface area is 149 Å². The summed E-state index contributed by atoms with van der Waals surface area (Å²) in [5.41, 5.74) is 9.59. The average Bonchev–Trinajstić information content (AvgIpc) is 2.99. The molecular weight excluding hydrogens is 338 g/mol. The second kappa shape index (κ2) is 7.15. The minimum Gasteiger partial charge on any atom is -0.374 e. The van der Waals surface area contributed by atoms with Gasteiger partial charge in [-0.3, -0.25) is 4.79 Å². The molecule has 0 spiro atoms. The molecule has 0 unspecified atom stereocenters. The predicted molar refractivity (Wildman–Crippen MR) is 99.6 cm³/mol. The predicted octanol–water partition coefficient (Wildman–Crippen LogP) is 4.45. The van der Waals surface area contributed by atoms with Crippen LogP contribution in [-0.4, -0.2) is 16.0 Å². The largest absolute Gasteiger partial charge is 0.374 e. The molecule has 0 amide bonds. The molecule has 0 saturated heterocycles. The number of aromatic nitrogens is 2. The molecule has 0 aliphatic carbocycles. The highest BCUT2D eigenvalue weighted by Gasteiger charge is 2.25. The number of ketones is 1. The van der Waals surface area contributed by atoms with Gasteiger partial charge in [0.15, 0.2) is 10.1 Å². The average molecular weight is 355 g/mol. The maximum absolute atomic E-state index is 13.1. The molecule has 0 fully saturated rings. The van der Waals surface area contributed by atoms with E-state index in [-0.39, 0.29) is 11.0 Å². The number of carbonyl (C=O) groups excluding carboxylic acids is 1. The summed E-state index contributed by atoms with van der Waals surface area (Å²) in [6.45, 7) is 4.03. The van der Waals surface area contributed by atoms with Crippen molar-refractivity contribution in [2.45, 2.75) is 23.4 Å². The SMILES string of the molecule is Cc1ccc(C(=O)[C@@H](Sc2nnc(N)s2)c2ccc(C)cc2)cc1. The van der Waals surface area contributed by atoms with Gasteiger partial charge in [0, 0.05) is 5.56 Å². The third-order valence-electron chi connectivity index (χ3n) is 3.60. The quantitative estimate of drug-likeness (QED) is 0.541. The summed E-state index contributed by atoms with van der Waals surface area (Å²) in [5, 5.41) is 7.91. The molecule has 3 aromatic rings. The number of nitrogens with two attached hydrogens (primary N) is 1. The van der Waals surface area contributed by atoms with Gasteiger partial charge in [0.05, 0.1) is 5.25 Å². The summed E-state index contributed by atoms with van der Waals surface area (Å²) in [7, 11) is 0. The molecule has 0 aliphatic heterocycles. The standard InChI is InChI=1S/C18H17N3OS2/c1-11-3-7-13(8-4-11)15(22)16(14-9-5-12(2)6-10-14)23-18-21-20-17(19)24-18/h3-10,16H,1-2H3,(H2,19,20)/t16-/m0/s1. The molecule has 0 saturated carbocycles. The molecule has 2 N–H and O–H groups in total. The van der Waals surface area contributed by atoms with Crippen LogP contribution in [0.5, 0.6) is 0 Å². The van der Waals surface area contributed by atoms with Crippen LogP contribution < -0.4 is 5.73 Å². The molecule has 2 aromatic carbocycles. The zero-order valence-electron chi connectivity index (χ0n) is 13.4. The molecule has 122 valence electrons. The third-order valence-corrected chi connectivity index (χ3v) is 5.69. The molecular formula is C18H17N3OS2. The second-order valence-corrected chi connectivity index (χ2v) is 7.91. The van der Waals surface area contributed by atoms with Crippen LogP contribution >= 0.6 is 23.1 Å². The number of hydrogen-bond donors (Lipinski definition) is 1. The maximum Gasteiger partial charge on any atom is 0.203 e. The first kappa shape index (κ1) is 16.7. The number of carbonyl (C=O) groups is 1. The Kier molecular flexibility index (Phi) is 4.97. The first-order chi connectivity index (χ1) is 11.5. The zero-order valence-corrected chi connectivity index (χ0v) is 15.0. The summed E-state index contributed by atoms with van der Waals surface area (Å²) >= 11 is 2.69. The third kappa shape index (κ3) is 3.83. The molecule has 3 rings (SSSR count). The molecule has 0 bridgehead atoms. The molecule has 1 heterocycles. The van der Waals surface area contributed by atoms with E-state index in [1.807, 2.05) is 62.4 Å². The number of thioether (sulfide) groups is 1. The highest BCUT2D eigenvalue weighted by Crippen LogP contribution is 2.39. The normalized spacial score (nSPS) is 12.1. The maximum atomic E-state index is 13.1. The van der Waals surface area contributed by atoms with Gasteiger partial charge in [0.2, 0.25) is 5.13 Å². The number of nitrogen functional groups attached to an aromatic ring is 1. The van der Waals surface area contributed by atoms with Crippen molar-refractivity contribution in [2.75, 3.05) is 5.73 Å². The first-order valence-corrected chi connectivity index (χ1v) is 9.15. The van der Waals surface area contributed by atoms with Crippen LogP contribution in [0.3, 0.4) is 0 Å². The van der Waals surface area contributed by atoms with E-state index in [1.54, 1.807) is 0 Å². The number of nitrogens with zero attached hydrogens (tertiary/aromatic N) is 2. The van der Waals surface area contributed by atoms with Crippen molar-refractivity contribution >= 4 is 34.0 Å². The number of hydrogen-bond acceptors (Lipinski definition) is 6. The Hall–Kier alpha value is -2.18. The van der Waals surface area contributed by atoms with Crippen molar-refractivity contribution in [2.24, 2.45) is 0 Å². The van der Waals surface area contributed by atoms with Crippen LogP contribution in [0.1, 0.15) is 32.3 Å². The van der Waals surface area contributed by atoms with Gasteiger partial charge in [-0.25, -0.2) is 0 Å². The Bertz CT molecular complexity index is 841. The summed E-state index contributed by atoms with van der Waals surface area (Å²) in [5.74, 6) is 0.0534. The highest BCUT2D eigenvalue weighted by atomic mass is 32.2. The Balaban J connectivity index is 1.95. The summed E-state index contributed by atoms with van der Waals surface area (Å²) in [6, 6.07) is 15.6. The fourth-order valence-electron chi connectivity index (χ4n) is 2.25. The minimum absolute atomic E-state index is 0.0534. The van der Waals surface area contributed by atoms with Crippen molar-refractivity contribution in [1.29, 1.82) is 0 Å². The van der Waals surface area contributed by atoms with E-state index < -0.39 is 0 Å². The molecule has 0 radical (unpaired) electrons. The molecule has 0 aliphatic rings. The van der Waals surface area contributed by atoms with Crippen LogP contribution in [0.4, 0.5) is 5.13 Å². The second-order valence-electron chi connectivity index (χ2n) is 5.55. The number of rotatable bonds is 5. The zero-order chi connectivity index (χ0) is 17.1. The van der Waals surface area contributed by atoms with Crippen molar-refractivity contribution < 1.29 is 4.79 Å². The topological polar surface area (TPSA) is 68.9 Å². The monoisotopic (exact) mass is 355 g/mol. The van der Waals surface area contributed by atoms with Gasteiger partial charge in [-0.2, -0.15) is 0 Å². The van der Waals surface area contributed by atoms with Crippen LogP contribution in [0.2, 0.25) is 0 Å². The van der Waals surface area contributed by atoms with E-state index in [2.05, 4.69) is 10.2 Å². The number of Topliss-reactive ketones (excluding diaryl/α,β-unsaturated/α-hetero) is 1. The summed E-state index contributed by atoms with van der Waals surface area (Å²) in [6.07, 6.45) is 0. The Morgan fingerprint density at radius 3 is 2.12 bits per heavy atom. The number of anilines is 1. The van der Waals surface area contributed by atoms with Gasteiger partial charge < -0.3 is 5.73 Å². The molecule has 24 heavy (non-hydrogen) atoms. The minimum atomic E-state index is -0.374. The molecule has 4 nitrogen and oxygen atoms in total. The highest BCUT2D eigenvalue weighted by molar-refractivity contribution is 8.02. The molecule has 6 heteroatoms. The van der Waals surface area contributed by atoms with Crippen molar-refractivity contribution in [3.8, 4) is 0 Å². The fraction of sp³-hybridized carbons (Fsp3) is 0.167. The lowest BCUT2D eigenvalue weighted by Crippen LogP contribution is -2.10. The van der Waals surface area contributed by atoms with E-state index in [4.69, 9.17) is 5.73 Å². The Morgan fingerprint density at radius 1 is 1.00 bits per heavy atom. The van der Waals surface area contributed by atoms with E-state index in [0.717, 1.165) is 16.7 Å². The number of aryl methyl sites for hydroxylation is 2. The molecule has 1 aromatic heterocycles. The van der Waals surface area contributed by atoms with Gasteiger partial charge in [-0.05, 0) is 19.4 Å². The lowest BCUT2D eigenvalue weighted by molar-refractivity contribution is 0.0989. The fourth-order valence-corrected chi connectivity index (χ4v) is 4.16. The van der Waals surface area contributed by atoms with E-state index in [0.29, 0.717) is 15.0 Å². The van der Waals surface area contributed by atoms with Crippen molar-refractivity contribution in [1.82, 2.24) is 10.2 Å². The first-order valence-electron chi connectivity index (χ1n) is 7.46. The molecule has 1 atom stereocenters. The van der Waals surface area contributed by atoms with E-state index >= 15 is 0 Å². The van der Waals surface area contributed by atoms with Crippen LogP contribution in [0.15, 0.2) is 52.9 Å². The lowest BCUT2D eigenvalue weighted by atomic mass is 10.0. The Morgan fingerprint density at radius 2 is 1.58 bits per heavy atom. The van der Waals surface area contributed by atoms with Gasteiger partial charge in [-0.1, -0.05) is 82.8 Å². The number of benzene rings is 2. The van der Waals surface area contributed by atoms with E-state index in [1.165, 1.54) is 23.1 Å². The summed E-state index contributed by atoms with van der Waals surface area (Å²) < 4.78 is 0.693. The van der Waals surface area contributed by atoms with Gasteiger partial charge >= 0.3 is 0 Å². The van der Waals surface area contributed by atoms with Crippen molar-refractivity contribution in [3.05, 3.63) is 70.8 Å². The smallest absolute Gasteiger partial charge is 0.203 e. The van der Waals surface area contributed by atoms with Crippen molar-refractivity contribution in [3.63, 3.8) is 0 Å². The van der Waals surface area contributed by atoms with Gasteiger partial charge in [0.1, 0.15) is 0 Å².